The summed E-state index contributed by atoms with van der Waals surface area (Å²) in [5, 5.41) is 10.9. The fourth-order valence-electron chi connectivity index (χ4n) is 1.40. The summed E-state index contributed by atoms with van der Waals surface area (Å²) in [5.41, 5.74) is 0. The molecule has 4 nitrogen and oxygen atoms in total. The van der Waals surface area contributed by atoms with E-state index in [9.17, 15) is 9.59 Å². The van der Waals surface area contributed by atoms with Gasteiger partial charge < -0.3 is 10.4 Å². The van der Waals surface area contributed by atoms with Crippen molar-refractivity contribution in [1.82, 2.24) is 5.32 Å². The van der Waals surface area contributed by atoms with E-state index in [1.165, 1.54) is 31.8 Å². The summed E-state index contributed by atoms with van der Waals surface area (Å²) < 4.78 is 0. The van der Waals surface area contributed by atoms with Gasteiger partial charge in [-0.05, 0) is 12.8 Å². The van der Waals surface area contributed by atoms with Crippen molar-refractivity contribution in [3.63, 3.8) is 0 Å². The van der Waals surface area contributed by atoms with Crippen molar-refractivity contribution in [2.75, 3.05) is 6.54 Å². The van der Waals surface area contributed by atoms with E-state index in [-0.39, 0.29) is 12.5 Å². The summed E-state index contributed by atoms with van der Waals surface area (Å²) in [6.45, 7) is 2.44. The highest BCUT2D eigenvalue weighted by Crippen LogP contribution is 2.03. The molecular weight excluding hydrogens is 230 g/mol. The lowest BCUT2D eigenvalue weighted by Crippen LogP contribution is -2.22. The molecule has 0 radical (unpaired) electrons. The molecule has 18 heavy (non-hydrogen) atoms. The minimum atomic E-state index is -1.00. The normalized spacial score (nSPS) is 11.2. The van der Waals surface area contributed by atoms with E-state index < -0.39 is 5.97 Å². The van der Waals surface area contributed by atoms with E-state index in [2.05, 4.69) is 12.2 Å². The monoisotopic (exact) mass is 253 g/mol. The summed E-state index contributed by atoms with van der Waals surface area (Å²) in [5.74, 6) is -1.09. The standard InChI is InChI=1S/C14H23NO3/c1-2-3-4-5-6-7-8-10-13(16)15-12-9-11-14(17)18/h7-9,11H,2-6,10,12H2,1H3,(H,15,16)(H,17,18)/b8-7+,11-9+. The number of amides is 1. The first-order valence-electron chi connectivity index (χ1n) is 6.48. The molecule has 0 aliphatic heterocycles. The van der Waals surface area contributed by atoms with Crippen molar-refractivity contribution in [3.05, 3.63) is 24.3 Å². The van der Waals surface area contributed by atoms with Crippen LogP contribution < -0.4 is 5.32 Å². The Kier molecular flexibility index (Phi) is 10.8. The Labute approximate surface area is 109 Å². The number of hydrogen-bond donors (Lipinski definition) is 2. The number of carbonyl (C=O) groups is 2. The Morgan fingerprint density at radius 2 is 1.89 bits per heavy atom. The first-order valence-corrected chi connectivity index (χ1v) is 6.48. The van der Waals surface area contributed by atoms with Crippen molar-refractivity contribution < 1.29 is 14.7 Å². The number of carboxylic acid groups (broad SMARTS) is 1. The maximum absolute atomic E-state index is 11.3. The van der Waals surface area contributed by atoms with Crippen molar-refractivity contribution in [2.24, 2.45) is 0 Å². The number of aliphatic carboxylic acids is 1. The van der Waals surface area contributed by atoms with E-state index in [0.29, 0.717) is 6.42 Å². The van der Waals surface area contributed by atoms with E-state index in [1.807, 2.05) is 12.2 Å². The second-order valence-electron chi connectivity index (χ2n) is 4.07. The predicted molar refractivity (Wildman–Crippen MR) is 72.3 cm³/mol. The molecule has 0 aliphatic carbocycles. The second-order valence-corrected chi connectivity index (χ2v) is 4.07. The van der Waals surface area contributed by atoms with Crippen LogP contribution in [0.3, 0.4) is 0 Å². The summed E-state index contributed by atoms with van der Waals surface area (Å²) in [7, 11) is 0. The van der Waals surface area contributed by atoms with Crippen LogP contribution in [0.15, 0.2) is 24.3 Å². The smallest absolute Gasteiger partial charge is 0.328 e. The molecule has 0 atom stereocenters. The average molecular weight is 253 g/mol. The zero-order chi connectivity index (χ0) is 13.6. The number of carboxylic acids is 1. The SMILES string of the molecule is CCCCCC/C=C/CC(=O)NC/C=C/C(=O)O. The van der Waals surface area contributed by atoms with Crippen molar-refractivity contribution in [2.45, 2.75) is 45.4 Å². The van der Waals surface area contributed by atoms with Gasteiger partial charge in [0.05, 0.1) is 0 Å². The third kappa shape index (κ3) is 12.5. The van der Waals surface area contributed by atoms with Gasteiger partial charge in [0.1, 0.15) is 0 Å². The van der Waals surface area contributed by atoms with Gasteiger partial charge >= 0.3 is 5.97 Å². The molecule has 0 aromatic heterocycles. The molecule has 0 aromatic carbocycles. The number of carbonyl (C=O) groups excluding carboxylic acids is 1. The molecule has 0 rings (SSSR count). The average Bonchev–Trinajstić information content (AvgIpc) is 2.33. The molecule has 0 aromatic rings. The van der Waals surface area contributed by atoms with Gasteiger partial charge in [-0.2, -0.15) is 0 Å². The molecule has 4 heteroatoms. The molecule has 0 fully saturated rings. The van der Waals surface area contributed by atoms with E-state index >= 15 is 0 Å². The maximum atomic E-state index is 11.3. The quantitative estimate of drug-likeness (QED) is 0.357. The molecule has 102 valence electrons. The first-order chi connectivity index (χ1) is 8.66. The molecule has 0 aliphatic rings. The molecule has 2 N–H and O–H groups in total. The lowest BCUT2D eigenvalue weighted by atomic mass is 10.1. The summed E-state index contributed by atoms with van der Waals surface area (Å²) in [4.78, 5) is 21.4. The number of hydrogen-bond acceptors (Lipinski definition) is 2. The maximum Gasteiger partial charge on any atom is 0.328 e. The molecule has 0 unspecified atom stereocenters. The Bertz CT molecular complexity index is 295. The molecule has 1 amide bonds. The summed E-state index contributed by atoms with van der Waals surface area (Å²) in [6.07, 6.45) is 12.6. The van der Waals surface area contributed by atoms with Gasteiger partial charge in [-0.3, -0.25) is 4.79 Å². The molecule has 0 saturated heterocycles. The van der Waals surface area contributed by atoms with Crippen LogP contribution >= 0.6 is 0 Å². The zero-order valence-electron chi connectivity index (χ0n) is 11.0. The number of allylic oxidation sites excluding steroid dienone is 1. The van der Waals surface area contributed by atoms with Crippen LogP contribution in [0.5, 0.6) is 0 Å². The van der Waals surface area contributed by atoms with Crippen LogP contribution in [-0.4, -0.2) is 23.5 Å². The lowest BCUT2D eigenvalue weighted by Gasteiger charge is -1.98. The highest BCUT2D eigenvalue weighted by Gasteiger charge is 1.94. The third-order valence-electron chi connectivity index (χ3n) is 2.37. The van der Waals surface area contributed by atoms with Gasteiger partial charge in [0.2, 0.25) is 5.91 Å². The number of rotatable bonds is 10. The summed E-state index contributed by atoms with van der Waals surface area (Å²) >= 11 is 0. The number of nitrogens with one attached hydrogen (secondary N) is 1. The van der Waals surface area contributed by atoms with Crippen LogP contribution in [0, 0.1) is 0 Å². The first kappa shape index (κ1) is 16.4. The topological polar surface area (TPSA) is 66.4 Å². The molecule has 0 saturated carbocycles. The van der Waals surface area contributed by atoms with Crippen molar-refractivity contribution >= 4 is 11.9 Å². The minimum Gasteiger partial charge on any atom is -0.478 e. The molecular formula is C14H23NO3. The van der Waals surface area contributed by atoms with Gasteiger partial charge in [0.25, 0.3) is 0 Å². The van der Waals surface area contributed by atoms with Gasteiger partial charge in [0, 0.05) is 19.0 Å². The van der Waals surface area contributed by atoms with Crippen LogP contribution in [0.4, 0.5) is 0 Å². The van der Waals surface area contributed by atoms with Gasteiger partial charge in [0.15, 0.2) is 0 Å². The summed E-state index contributed by atoms with van der Waals surface area (Å²) in [6, 6.07) is 0. The zero-order valence-corrected chi connectivity index (χ0v) is 11.0. The minimum absolute atomic E-state index is 0.0881. The highest BCUT2D eigenvalue weighted by atomic mass is 16.4. The van der Waals surface area contributed by atoms with Crippen LogP contribution in [0.1, 0.15) is 45.4 Å². The van der Waals surface area contributed by atoms with Gasteiger partial charge in [-0.15, -0.1) is 0 Å². The largest absolute Gasteiger partial charge is 0.478 e. The second kappa shape index (κ2) is 11.9. The van der Waals surface area contributed by atoms with Crippen LogP contribution in [0.2, 0.25) is 0 Å². The highest BCUT2D eigenvalue weighted by molar-refractivity contribution is 5.80. The van der Waals surface area contributed by atoms with Crippen molar-refractivity contribution in [1.29, 1.82) is 0 Å². The predicted octanol–water partition coefficient (Wildman–Crippen LogP) is 2.66. The Balaban J connectivity index is 3.46. The van der Waals surface area contributed by atoms with Gasteiger partial charge in [-0.1, -0.05) is 44.4 Å². The Morgan fingerprint density at radius 1 is 1.11 bits per heavy atom. The fourth-order valence-corrected chi connectivity index (χ4v) is 1.40. The fraction of sp³-hybridized carbons (Fsp3) is 0.571. The molecule has 0 heterocycles. The van der Waals surface area contributed by atoms with E-state index in [4.69, 9.17) is 5.11 Å². The number of unbranched alkanes of at least 4 members (excludes halogenated alkanes) is 4. The van der Waals surface area contributed by atoms with Crippen LogP contribution in [-0.2, 0) is 9.59 Å². The third-order valence-corrected chi connectivity index (χ3v) is 2.37. The van der Waals surface area contributed by atoms with Gasteiger partial charge in [-0.25, -0.2) is 4.79 Å². The molecule has 0 bridgehead atoms. The van der Waals surface area contributed by atoms with E-state index in [1.54, 1.807) is 0 Å². The van der Waals surface area contributed by atoms with Crippen LogP contribution in [0.25, 0.3) is 0 Å². The van der Waals surface area contributed by atoms with Crippen molar-refractivity contribution in [3.8, 4) is 0 Å². The van der Waals surface area contributed by atoms with E-state index in [0.717, 1.165) is 12.5 Å². The Hall–Kier alpha value is -1.58. The Morgan fingerprint density at radius 3 is 2.56 bits per heavy atom. The molecule has 0 spiro atoms. The lowest BCUT2D eigenvalue weighted by molar-refractivity contribution is -0.131.